The lowest BCUT2D eigenvalue weighted by Gasteiger charge is -2.23. The van der Waals surface area contributed by atoms with Crippen molar-refractivity contribution in [1.29, 1.82) is 0 Å². The van der Waals surface area contributed by atoms with Gasteiger partial charge in [0.25, 0.3) is 0 Å². The summed E-state index contributed by atoms with van der Waals surface area (Å²) >= 11 is 0. The lowest BCUT2D eigenvalue weighted by Crippen LogP contribution is -2.28. The van der Waals surface area contributed by atoms with Gasteiger partial charge < -0.3 is 15.1 Å². The molecule has 0 aliphatic carbocycles. The number of likely N-dealkylation sites (tertiary alicyclic amines) is 1. The second-order valence-electron chi connectivity index (χ2n) is 5.50. The Morgan fingerprint density at radius 1 is 1.53 bits per heavy atom. The van der Waals surface area contributed by atoms with Crippen LogP contribution in [-0.2, 0) is 9.59 Å². The molecule has 17 heavy (non-hydrogen) atoms. The van der Waals surface area contributed by atoms with Crippen LogP contribution in [0.25, 0.3) is 0 Å². The highest BCUT2D eigenvalue weighted by molar-refractivity contribution is 5.86. The zero-order chi connectivity index (χ0) is 13.1. The first-order chi connectivity index (χ1) is 7.85. The number of amides is 1. The number of carbonyl (C=O) groups excluding carboxylic acids is 1. The summed E-state index contributed by atoms with van der Waals surface area (Å²) in [7, 11) is 0. The van der Waals surface area contributed by atoms with Crippen molar-refractivity contribution in [1.82, 2.24) is 4.90 Å². The average molecular weight is 243 g/mol. The van der Waals surface area contributed by atoms with Crippen LogP contribution in [0.15, 0.2) is 0 Å². The van der Waals surface area contributed by atoms with E-state index < -0.39 is 11.9 Å². The van der Waals surface area contributed by atoms with Gasteiger partial charge in [-0.15, -0.1) is 0 Å². The predicted octanol–water partition coefficient (Wildman–Crippen LogP) is 0.718. The molecular formula is C12H21NO4. The van der Waals surface area contributed by atoms with Gasteiger partial charge in [-0.3, -0.25) is 9.59 Å². The number of aliphatic hydroxyl groups is 1. The molecule has 98 valence electrons. The quantitative estimate of drug-likeness (QED) is 0.720. The van der Waals surface area contributed by atoms with E-state index in [0.29, 0.717) is 13.1 Å². The summed E-state index contributed by atoms with van der Waals surface area (Å²) in [4.78, 5) is 23.9. The third kappa shape index (κ3) is 4.00. The number of hydrogen-bond acceptors (Lipinski definition) is 3. The van der Waals surface area contributed by atoms with Gasteiger partial charge in [0.05, 0.1) is 5.92 Å². The number of nitrogens with zero attached hydrogens (tertiary/aromatic N) is 1. The van der Waals surface area contributed by atoms with Gasteiger partial charge in [0.2, 0.25) is 5.91 Å². The lowest BCUT2D eigenvalue weighted by molar-refractivity contribution is -0.141. The molecule has 0 aromatic carbocycles. The third-order valence-electron chi connectivity index (χ3n) is 3.27. The topological polar surface area (TPSA) is 77.8 Å². The summed E-state index contributed by atoms with van der Waals surface area (Å²) in [5.74, 6) is -1.51. The second-order valence-corrected chi connectivity index (χ2v) is 5.50. The Hall–Kier alpha value is -1.10. The van der Waals surface area contributed by atoms with Crippen LogP contribution in [0.1, 0.15) is 33.1 Å². The minimum atomic E-state index is -0.892. The number of carbonyl (C=O) groups is 2. The van der Waals surface area contributed by atoms with Gasteiger partial charge in [-0.05, 0) is 18.3 Å². The molecule has 1 aliphatic heterocycles. The van der Waals surface area contributed by atoms with Crippen molar-refractivity contribution in [3.63, 3.8) is 0 Å². The molecule has 1 rings (SSSR count). The number of rotatable bonds is 6. The Morgan fingerprint density at radius 3 is 2.65 bits per heavy atom. The minimum absolute atomic E-state index is 0.0702. The van der Waals surface area contributed by atoms with Gasteiger partial charge in [0.15, 0.2) is 0 Å². The van der Waals surface area contributed by atoms with Crippen molar-refractivity contribution in [3.8, 4) is 0 Å². The Kier molecular flexibility index (Phi) is 4.51. The molecule has 0 aromatic heterocycles. The van der Waals surface area contributed by atoms with Gasteiger partial charge in [0.1, 0.15) is 0 Å². The van der Waals surface area contributed by atoms with Crippen LogP contribution in [0.2, 0.25) is 0 Å². The van der Waals surface area contributed by atoms with Crippen molar-refractivity contribution in [2.24, 2.45) is 11.3 Å². The van der Waals surface area contributed by atoms with E-state index in [9.17, 15) is 9.59 Å². The zero-order valence-corrected chi connectivity index (χ0v) is 10.5. The number of carboxylic acids is 1. The average Bonchev–Trinajstić information content (AvgIpc) is 2.60. The Labute approximate surface area is 101 Å². The number of hydrogen-bond donors (Lipinski definition) is 2. The minimum Gasteiger partial charge on any atom is -0.481 e. The summed E-state index contributed by atoms with van der Waals surface area (Å²) in [5.41, 5.74) is -0.130. The normalized spacial score (nSPS) is 21.0. The van der Waals surface area contributed by atoms with Crippen molar-refractivity contribution < 1.29 is 19.8 Å². The molecule has 1 saturated heterocycles. The van der Waals surface area contributed by atoms with Crippen LogP contribution in [0.3, 0.4) is 0 Å². The summed E-state index contributed by atoms with van der Waals surface area (Å²) in [6.45, 7) is 4.98. The van der Waals surface area contributed by atoms with Crippen LogP contribution in [0.4, 0.5) is 0 Å². The first-order valence-corrected chi connectivity index (χ1v) is 5.97. The largest absolute Gasteiger partial charge is 0.481 e. The molecule has 1 heterocycles. The highest BCUT2D eigenvalue weighted by Gasteiger charge is 2.33. The van der Waals surface area contributed by atoms with Crippen LogP contribution >= 0.6 is 0 Å². The summed E-state index contributed by atoms with van der Waals surface area (Å²) in [5, 5.41) is 17.9. The summed E-state index contributed by atoms with van der Waals surface area (Å²) in [6, 6.07) is 0. The molecule has 1 atom stereocenters. The smallest absolute Gasteiger partial charge is 0.308 e. The molecule has 5 heteroatoms. The molecule has 1 unspecified atom stereocenters. The Balaban J connectivity index is 2.34. The molecule has 0 saturated carbocycles. The van der Waals surface area contributed by atoms with E-state index >= 15 is 0 Å². The highest BCUT2D eigenvalue weighted by atomic mass is 16.4. The second kappa shape index (κ2) is 5.49. The van der Waals surface area contributed by atoms with Crippen molar-refractivity contribution in [2.75, 3.05) is 19.7 Å². The molecule has 1 fully saturated rings. The van der Waals surface area contributed by atoms with E-state index in [1.54, 1.807) is 4.90 Å². The molecule has 5 nitrogen and oxygen atoms in total. The first kappa shape index (κ1) is 14.0. The van der Waals surface area contributed by atoms with Crippen LogP contribution in [-0.4, -0.2) is 46.7 Å². The summed E-state index contributed by atoms with van der Waals surface area (Å²) < 4.78 is 0. The fraction of sp³-hybridized carbons (Fsp3) is 0.833. The Bertz CT molecular complexity index is 301. The van der Waals surface area contributed by atoms with E-state index in [1.165, 1.54) is 0 Å². The van der Waals surface area contributed by atoms with Gasteiger partial charge in [-0.2, -0.15) is 0 Å². The number of aliphatic hydroxyl groups excluding tert-OH is 1. The van der Waals surface area contributed by atoms with Crippen molar-refractivity contribution in [3.05, 3.63) is 0 Å². The fourth-order valence-electron chi connectivity index (χ4n) is 1.98. The maximum absolute atomic E-state index is 11.5. The zero-order valence-electron chi connectivity index (χ0n) is 10.5. The van der Waals surface area contributed by atoms with Gasteiger partial charge >= 0.3 is 5.97 Å². The third-order valence-corrected chi connectivity index (χ3v) is 3.27. The van der Waals surface area contributed by atoms with E-state index in [2.05, 4.69) is 0 Å². The van der Waals surface area contributed by atoms with Crippen molar-refractivity contribution >= 4 is 11.9 Å². The van der Waals surface area contributed by atoms with Crippen LogP contribution < -0.4 is 0 Å². The van der Waals surface area contributed by atoms with E-state index in [-0.39, 0.29) is 24.3 Å². The molecule has 0 spiro atoms. The predicted molar refractivity (Wildman–Crippen MR) is 62.4 cm³/mol. The lowest BCUT2D eigenvalue weighted by atomic mass is 9.89. The highest BCUT2D eigenvalue weighted by Crippen LogP contribution is 2.23. The van der Waals surface area contributed by atoms with E-state index in [0.717, 1.165) is 12.8 Å². The fourth-order valence-corrected chi connectivity index (χ4v) is 1.98. The molecule has 0 aromatic rings. The van der Waals surface area contributed by atoms with Gasteiger partial charge in [-0.25, -0.2) is 0 Å². The van der Waals surface area contributed by atoms with E-state index in [1.807, 2.05) is 13.8 Å². The van der Waals surface area contributed by atoms with Crippen LogP contribution in [0.5, 0.6) is 0 Å². The molecule has 0 radical (unpaired) electrons. The van der Waals surface area contributed by atoms with Crippen LogP contribution in [0, 0.1) is 11.3 Å². The molecular weight excluding hydrogens is 222 g/mol. The maximum Gasteiger partial charge on any atom is 0.308 e. The van der Waals surface area contributed by atoms with Gasteiger partial charge in [-0.1, -0.05) is 13.8 Å². The first-order valence-electron chi connectivity index (χ1n) is 5.97. The molecule has 1 amide bonds. The number of aliphatic carboxylic acids is 1. The van der Waals surface area contributed by atoms with Gasteiger partial charge in [0, 0.05) is 26.1 Å². The molecule has 2 N–H and O–H groups in total. The molecule has 1 aliphatic rings. The SMILES string of the molecule is CC(C)(CO)CCCN1CC(C(=O)O)CC1=O. The molecule has 0 bridgehead atoms. The monoisotopic (exact) mass is 243 g/mol. The van der Waals surface area contributed by atoms with E-state index in [4.69, 9.17) is 10.2 Å². The maximum atomic E-state index is 11.5. The number of carboxylic acid groups (broad SMARTS) is 1. The standard InChI is InChI=1S/C12H21NO4/c1-12(2,8-14)4-3-5-13-7-9(11(16)17)6-10(13)15/h9,14H,3-8H2,1-2H3,(H,16,17). The Morgan fingerprint density at radius 2 is 2.18 bits per heavy atom. The van der Waals surface area contributed by atoms with Crippen molar-refractivity contribution in [2.45, 2.75) is 33.1 Å². The summed E-state index contributed by atoms with van der Waals surface area (Å²) in [6.07, 6.45) is 1.75.